The molecule has 2 aromatic rings. The summed E-state index contributed by atoms with van der Waals surface area (Å²) in [5.41, 5.74) is 1.97. The predicted octanol–water partition coefficient (Wildman–Crippen LogP) is 3.01. The summed E-state index contributed by atoms with van der Waals surface area (Å²) in [4.78, 5) is 15.1. The number of nitrogens with zero attached hydrogens (tertiary/aromatic N) is 1. The van der Waals surface area contributed by atoms with Gasteiger partial charge in [-0.2, -0.15) is 0 Å². The summed E-state index contributed by atoms with van der Waals surface area (Å²) in [6.45, 7) is 1.78. The second-order valence-corrected chi connectivity index (χ2v) is 3.44. The van der Waals surface area contributed by atoms with E-state index in [1.807, 2.05) is 24.3 Å². The fraction of sp³-hybridized carbons (Fsp3) is 0.0909. The van der Waals surface area contributed by atoms with Gasteiger partial charge in [-0.1, -0.05) is 29.8 Å². The molecule has 0 aliphatic heterocycles. The number of aryl methyl sites for hydroxylation is 1. The highest BCUT2D eigenvalue weighted by molar-refractivity contribution is 6.37. The van der Waals surface area contributed by atoms with Crippen LogP contribution in [0.1, 0.15) is 16.1 Å². The number of hydrogen-bond donors (Lipinski definition) is 0. The lowest BCUT2D eigenvalue weighted by molar-refractivity contribution is 0.112. The van der Waals surface area contributed by atoms with Gasteiger partial charge >= 0.3 is 0 Å². The maximum atomic E-state index is 10.8. The highest BCUT2D eigenvalue weighted by Crippen LogP contribution is 2.26. The first-order chi connectivity index (χ1) is 6.74. The molecule has 0 unspecified atom stereocenters. The normalized spacial score (nSPS) is 10.4. The summed E-state index contributed by atoms with van der Waals surface area (Å²) in [7, 11) is 0. The number of rotatable bonds is 1. The third kappa shape index (κ3) is 1.28. The van der Waals surface area contributed by atoms with Crippen molar-refractivity contribution in [2.75, 3.05) is 0 Å². The van der Waals surface area contributed by atoms with Crippen LogP contribution >= 0.6 is 11.6 Å². The third-order valence-electron chi connectivity index (χ3n) is 2.17. The molecular weight excluding hydrogens is 198 g/mol. The second kappa shape index (κ2) is 3.39. The highest BCUT2D eigenvalue weighted by atomic mass is 35.5. The summed E-state index contributed by atoms with van der Waals surface area (Å²) < 4.78 is 0. The van der Waals surface area contributed by atoms with Gasteiger partial charge in [0.15, 0.2) is 6.29 Å². The van der Waals surface area contributed by atoms with Crippen molar-refractivity contribution < 1.29 is 4.79 Å². The van der Waals surface area contributed by atoms with E-state index in [-0.39, 0.29) is 0 Å². The van der Waals surface area contributed by atoms with E-state index in [9.17, 15) is 4.79 Å². The van der Waals surface area contributed by atoms with E-state index in [2.05, 4.69) is 4.98 Å². The van der Waals surface area contributed by atoms with Crippen molar-refractivity contribution in [2.24, 2.45) is 0 Å². The number of pyridine rings is 1. The average Bonchev–Trinajstić information content (AvgIpc) is 2.18. The summed E-state index contributed by atoms with van der Waals surface area (Å²) in [5, 5.41) is 1.31. The number of halogens is 1. The molecular formula is C11H8ClNO. The number of carbonyl (C=O) groups is 1. The zero-order valence-corrected chi connectivity index (χ0v) is 8.38. The van der Waals surface area contributed by atoms with E-state index in [4.69, 9.17) is 11.6 Å². The van der Waals surface area contributed by atoms with Crippen LogP contribution in [0, 0.1) is 6.92 Å². The quantitative estimate of drug-likeness (QED) is 0.670. The summed E-state index contributed by atoms with van der Waals surface area (Å²) in [6.07, 6.45) is 0.747. The second-order valence-electron chi connectivity index (χ2n) is 3.06. The number of aromatic nitrogens is 1. The molecule has 2 rings (SSSR count). The highest BCUT2D eigenvalue weighted by Gasteiger charge is 2.08. The molecule has 1 aromatic carbocycles. The molecule has 70 valence electrons. The van der Waals surface area contributed by atoms with Gasteiger partial charge in [-0.15, -0.1) is 0 Å². The zero-order chi connectivity index (χ0) is 10.1. The summed E-state index contributed by atoms with van der Waals surface area (Å²) >= 11 is 6.08. The standard InChI is InChI=1S/C11H8ClNO/c1-7-9(6-14)11(12)8-4-2-3-5-10(8)13-7/h2-6H,1H3. The Morgan fingerprint density at radius 3 is 2.79 bits per heavy atom. The lowest BCUT2D eigenvalue weighted by atomic mass is 10.1. The molecule has 0 radical (unpaired) electrons. The molecule has 0 aliphatic carbocycles. The van der Waals surface area contributed by atoms with E-state index < -0.39 is 0 Å². The first kappa shape index (κ1) is 9.16. The molecule has 2 nitrogen and oxygen atoms in total. The lowest BCUT2D eigenvalue weighted by Gasteiger charge is -2.04. The van der Waals surface area contributed by atoms with E-state index in [1.54, 1.807) is 6.92 Å². The molecule has 0 fully saturated rings. The molecule has 0 spiro atoms. The fourth-order valence-corrected chi connectivity index (χ4v) is 1.78. The third-order valence-corrected chi connectivity index (χ3v) is 2.58. The molecule has 0 aliphatic rings. The Labute approximate surface area is 86.5 Å². The largest absolute Gasteiger partial charge is 0.298 e. The molecule has 0 amide bonds. The lowest BCUT2D eigenvalue weighted by Crippen LogP contribution is -1.93. The van der Waals surface area contributed by atoms with Crippen molar-refractivity contribution >= 4 is 28.8 Å². The van der Waals surface area contributed by atoms with Crippen molar-refractivity contribution in [1.29, 1.82) is 0 Å². The van der Waals surface area contributed by atoms with Gasteiger partial charge in [-0.05, 0) is 13.0 Å². The smallest absolute Gasteiger partial charge is 0.153 e. The van der Waals surface area contributed by atoms with E-state index in [0.29, 0.717) is 16.3 Å². The van der Waals surface area contributed by atoms with E-state index in [0.717, 1.165) is 17.2 Å². The van der Waals surface area contributed by atoms with Gasteiger partial charge in [-0.25, -0.2) is 0 Å². The predicted molar refractivity (Wildman–Crippen MR) is 56.9 cm³/mol. The van der Waals surface area contributed by atoms with Crippen LogP contribution in [0.3, 0.4) is 0 Å². The maximum Gasteiger partial charge on any atom is 0.153 e. The Bertz CT molecular complexity index is 508. The Morgan fingerprint density at radius 2 is 2.07 bits per heavy atom. The summed E-state index contributed by atoms with van der Waals surface area (Å²) in [5.74, 6) is 0. The Hall–Kier alpha value is -1.41. The first-order valence-electron chi connectivity index (χ1n) is 4.24. The number of carbonyl (C=O) groups excluding carboxylic acids is 1. The van der Waals surface area contributed by atoms with Crippen molar-refractivity contribution in [1.82, 2.24) is 4.98 Å². The van der Waals surface area contributed by atoms with Gasteiger partial charge in [0.1, 0.15) is 0 Å². The molecule has 3 heteroatoms. The number of para-hydroxylation sites is 1. The number of hydrogen-bond acceptors (Lipinski definition) is 2. The molecule has 0 N–H and O–H groups in total. The minimum atomic E-state index is 0.477. The zero-order valence-electron chi connectivity index (χ0n) is 7.62. The Morgan fingerprint density at radius 1 is 1.36 bits per heavy atom. The number of aldehydes is 1. The topological polar surface area (TPSA) is 30.0 Å². The Balaban J connectivity index is 2.92. The van der Waals surface area contributed by atoms with E-state index in [1.165, 1.54) is 0 Å². The molecule has 0 bridgehead atoms. The molecule has 0 saturated heterocycles. The SMILES string of the molecule is Cc1nc2ccccc2c(Cl)c1C=O. The minimum absolute atomic E-state index is 0.477. The van der Waals surface area contributed by atoms with Gasteiger partial charge in [0, 0.05) is 5.39 Å². The summed E-state index contributed by atoms with van der Waals surface area (Å²) in [6, 6.07) is 7.51. The van der Waals surface area contributed by atoms with Gasteiger partial charge < -0.3 is 0 Å². The van der Waals surface area contributed by atoms with Crippen LogP contribution < -0.4 is 0 Å². The monoisotopic (exact) mass is 205 g/mol. The molecule has 1 heterocycles. The fourth-order valence-electron chi connectivity index (χ4n) is 1.44. The van der Waals surface area contributed by atoms with Crippen molar-refractivity contribution in [3.63, 3.8) is 0 Å². The van der Waals surface area contributed by atoms with Gasteiger partial charge in [-0.3, -0.25) is 9.78 Å². The average molecular weight is 206 g/mol. The molecule has 0 atom stereocenters. The molecule has 0 saturated carbocycles. The molecule has 1 aromatic heterocycles. The van der Waals surface area contributed by atoms with Crippen LogP contribution in [0.5, 0.6) is 0 Å². The number of benzene rings is 1. The molecule has 14 heavy (non-hydrogen) atoms. The number of fused-ring (bicyclic) bond motifs is 1. The Kier molecular flexibility index (Phi) is 2.22. The van der Waals surface area contributed by atoms with Crippen LogP contribution in [0.4, 0.5) is 0 Å². The van der Waals surface area contributed by atoms with Crippen molar-refractivity contribution in [3.05, 3.63) is 40.5 Å². The first-order valence-corrected chi connectivity index (χ1v) is 4.62. The van der Waals surface area contributed by atoms with Crippen LogP contribution in [-0.2, 0) is 0 Å². The van der Waals surface area contributed by atoms with Crippen molar-refractivity contribution in [3.8, 4) is 0 Å². The van der Waals surface area contributed by atoms with Crippen LogP contribution in [-0.4, -0.2) is 11.3 Å². The van der Waals surface area contributed by atoms with Crippen LogP contribution in [0.15, 0.2) is 24.3 Å². The van der Waals surface area contributed by atoms with Gasteiger partial charge in [0.2, 0.25) is 0 Å². The van der Waals surface area contributed by atoms with Gasteiger partial charge in [0.05, 0.1) is 21.8 Å². The van der Waals surface area contributed by atoms with Crippen LogP contribution in [0.25, 0.3) is 10.9 Å². The van der Waals surface area contributed by atoms with Crippen LogP contribution in [0.2, 0.25) is 5.02 Å². The minimum Gasteiger partial charge on any atom is -0.298 e. The van der Waals surface area contributed by atoms with E-state index >= 15 is 0 Å². The van der Waals surface area contributed by atoms with Crippen molar-refractivity contribution in [2.45, 2.75) is 6.92 Å². The maximum absolute atomic E-state index is 10.8. The van der Waals surface area contributed by atoms with Gasteiger partial charge in [0.25, 0.3) is 0 Å².